The topological polar surface area (TPSA) is 26.3 Å². The first-order chi connectivity index (χ1) is 10.3. The van der Waals surface area contributed by atoms with E-state index in [4.69, 9.17) is 4.74 Å². The lowest BCUT2D eigenvalue weighted by Gasteiger charge is -2.38. The second-order valence-electron chi connectivity index (χ2n) is 7.10. The molecule has 3 atom stereocenters. The highest BCUT2D eigenvalue weighted by atomic mass is 16.5. The van der Waals surface area contributed by atoms with E-state index in [1.807, 2.05) is 12.1 Å². The van der Waals surface area contributed by atoms with Gasteiger partial charge >= 0.3 is 0 Å². The van der Waals surface area contributed by atoms with Crippen molar-refractivity contribution in [3.63, 3.8) is 0 Å². The molecule has 0 aromatic heterocycles. The van der Waals surface area contributed by atoms with Gasteiger partial charge in [0.2, 0.25) is 0 Å². The third kappa shape index (κ3) is 2.49. The molecule has 2 nitrogen and oxygen atoms in total. The number of rotatable bonds is 2. The number of benzene rings is 1. The van der Waals surface area contributed by atoms with Crippen molar-refractivity contribution in [2.24, 2.45) is 17.8 Å². The molecule has 3 unspecified atom stereocenters. The van der Waals surface area contributed by atoms with E-state index < -0.39 is 0 Å². The molecule has 1 aromatic carbocycles. The Morgan fingerprint density at radius 3 is 2.81 bits per heavy atom. The Labute approximate surface area is 126 Å². The van der Waals surface area contributed by atoms with Crippen LogP contribution in [0.5, 0.6) is 5.75 Å². The minimum absolute atomic E-state index is 0.268. The molecule has 0 spiro atoms. The van der Waals surface area contributed by atoms with Crippen molar-refractivity contribution in [3.8, 4) is 5.75 Å². The largest absolute Gasteiger partial charge is 0.493 e. The second-order valence-corrected chi connectivity index (χ2v) is 7.10. The fourth-order valence-corrected chi connectivity index (χ4v) is 4.69. The molecule has 0 bridgehead atoms. The van der Waals surface area contributed by atoms with E-state index in [9.17, 15) is 4.79 Å². The lowest BCUT2D eigenvalue weighted by molar-refractivity contribution is 0.0763. The molecule has 112 valence electrons. The van der Waals surface area contributed by atoms with Gasteiger partial charge in [-0.25, -0.2) is 0 Å². The van der Waals surface area contributed by atoms with Crippen LogP contribution in [0.3, 0.4) is 0 Å². The summed E-state index contributed by atoms with van der Waals surface area (Å²) in [6.45, 7) is 0.764. The van der Waals surface area contributed by atoms with E-state index in [0.29, 0.717) is 5.78 Å². The van der Waals surface area contributed by atoms with E-state index in [-0.39, 0.29) is 5.92 Å². The summed E-state index contributed by atoms with van der Waals surface area (Å²) in [7, 11) is 0. The number of carbonyl (C=O) groups excluding carboxylic acids is 1. The minimum Gasteiger partial charge on any atom is -0.493 e. The maximum atomic E-state index is 12.8. The van der Waals surface area contributed by atoms with Gasteiger partial charge in [-0.3, -0.25) is 4.79 Å². The van der Waals surface area contributed by atoms with Gasteiger partial charge in [-0.05, 0) is 54.9 Å². The van der Waals surface area contributed by atoms with E-state index in [2.05, 4.69) is 6.07 Å². The Morgan fingerprint density at radius 2 is 1.90 bits per heavy atom. The number of ketones is 1. The van der Waals surface area contributed by atoms with Crippen molar-refractivity contribution in [3.05, 3.63) is 29.3 Å². The highest BCUT2D eigenvalue weighted by molar-refractivity contribution is 5.98. The monoisotopic (exact) mass is 284 g/mol. The van der Waals surface area contributed by atoms with Crippen molar-refractivity contribution >= 4 is 5.78 Å². The van der Waals surface area contributed by atoms with Gasteiger partial charge < -0.3 is 4.74 Å². The van der Waals surface area contributed by atoms with Gasteiger partial charge in [-0.15, -0.1) is 0 Å². The first-order valence-electron chi connectivity index (χ1n) is 8.61. The molecular formula is C19H24O2. The lowest BCUT2D eigenvalue weighted by atomic mass is 9.66. The zero-order chi connectivity index (χ0) is 14.2. The zero-order valence-electron chi connectivity index (χ0n) is 12.6. The number of ether oxygens (including phenoxy) is 1. The quantitative estimate of drug-likeness (QED) is 0.752. The summed E-state index contributed by atoms with van der Waals surface area (Å²) in [5.74, 6) is 3.36. The van der Waals surface area contributed by atoms with Gasteiger partial charge in [0.05, 0.1) is 6.61 Å². The van der Waals surface area contributed by atoms with Crippen LogP contribution in [0.4, 0.5) is 0 Å². The van der Waals surface area contributed by atoms with Crippen LogP contribution in [0, 0.1) is 17.8 Å². The van der Waals surface area contributed by atoms with E-state index in [1.165, 1.54) is 37.7 Å². The predicted molar refractivity (Wildman–Crippen MR) is 82.8 cm³/mol. The first kappa shape index (κ1) is 13.4. The highest BCUT2D eigenvalue weighted by Gasteiger charge is 2.35. The molecule has 0 saturated heterocycles. The summed E-state index contributed by atoms with van der Waals surface area (Å²) in [5.41, 5.74) is 2.13. The van der Waals surface area contributed by atoms with Crippen molar-refractivity contribution in [2.75, 3.05) is 6.61 Å². The van der Waals surface area contributed by atoms with Gasteiger partial charge in [0.1, 0.15) is 5.75 Å². The summed E-state index contributed by atoms with van der Waals surface area (Å²) >= 11 is 0. The van der Waals surface area contributed by atoms with E-state index >= 15 is 0 Å². The van der Waals surface area contributed by atoms with Crippen LogP contribution in [-0.4, -0.2) is 12.4 Å². The third-order valence-corrected chi connectivity index (χ3v) is 5.88. The van der Waals surface area contributed by atoms with Crippen molar-refractivity contribution in [2.45, 2.75) is 51.4 Å². The fourth-order valence-electron chi connectivity index (χ4n) is 4.69. The number of fused-ring (bicyclic) bond motifs is 2. The maximum absolute atomic E-state index is 12.8. The lowest BCUT2D eigenvalue weighted by Crippen LogP contribution is -2.31. The van der Waals surface area contributed by atoms with Crippen LogP contribution in [0.15, 0.2) is 18.2 Å². The summed E-state index contributed by atoms with van der Waals surface area (Å²) < 4.78 is 5.54. The standard InChI is InChI=1S/C19H24O2/c20-19(17-7-8-18-15(12-17)9-10-21-18)16-6-5-13-3-1-2-4-14(13)11-16/h7-8,12-14,16H,1-6,9-11H2. The summed E-state index contributed by atoms with van der Waals surface area (Å²) in [6, 6.07) is 6.04. The molecule has 3 aliphatic rings. The van der Waals surface area contributed by atoms with Gasteiger partial charge in [0.15, 0.2) is 5.78 Å². The number of hydrogen-bond acceptors (Lipinski definition) is 2. The number of carbonyl (C=O) groups is 1. The molecule has 0 radical (unpaired) electrons. The van der Waals surface area contributed by atoms with Crippen LogP contribution in [0.25, 0.3) is 0 Å². The Morgan fingerprint density at radius 1 is 1.05 bits per heavy atom. The SMILES string of the molecule is O=C(c1ccc2c(c1)CCO2)C1CCC2CCCCC2C1. The molecule has 1 aromatic rings. The van der Waals surface area contributed by atoms with Gasteiger partial charge in [-0.1, -0.05) is 25.7 Å². The molecule has 2 aliphatic carbocycles. The Hall–Kier alpha value is -1.31. The van der Waals surface area contributed by atoms with Crippen LogP contribution in [-0.2, 0) is 6.42 Å². The molecule has 0 N–H and O–H groups in total. The molecular weight excluding hydrogens is 260 g/mol. The fraction of sp³-hybridized carbons (Fsp3) is 0.632. The van der Waals surface area contributed by atoms with Crippen LogP contribution >= 0.6 is 0 Å². The number of Topliss-reactive ketones (excluding diaryl/α,β-unsaturated/α-hetero) is 1. The minimum atomic E-state index is 0.268. The van der Waals surface area contributed by atoms with E-state index in [0.717, 1.165) is 49.0 Å². The Kier molecular flexibility index (Phi) is 3.48. The summed E-state index contributed by atoms with van der Waals surface area (Å²) in [4.78, 5) is 12.8. The molecule has 2 heteroatoms. The van der Waals surface area contributed by atoms with Crippen LogP contribution in [0.2, 0.25) is 0 Å². The average Bonchev–Trinajstić information content (AvgIpc) is 3.01. The van der Waals surface area contributed by atoms with Crippen molar-refractivity contribution in [1.82, 2.24) is 0 Å². The van der Waals surface area contributed by atoms with Crippen molar-refractivity contribution in [1.29, 1.82) is 0 Å². The summed E-state index contributed by atoms with van der Waals surface area (Å²) in [5, 5.41) is 0. The number of hydrogen-bond donors (Lipinski definition) is 0. The van der Waals surface area contributed by atoms with E-state index in [1.54, 1.807) is 0 Å². The smallest absolute Gasteiger partial charge is 0.165 e. The second kappa shape index (κ2) is 5.47. The van der Waals surface area contributed by atoms with Crippen LogP contribution in [0.1, 0.15) is 60.9 Å². The highest BCUT2D eigenvalue weighted by Crippen LogP contribution is 2.43. The Balaban J connectivity index is 1.49. The zero-order valence-corrected chi connectivity index (χ0v) is 12.6. The molecule has 2 fully saturated rings. The molecule has 0 amide bonds. The van der Waals surface area contributed by atoms with Gasteiger partial charge in [0.25, 0.3) is 0 Å². The summed E-state index contributed by atoms with van der Waals surface area (Å²) in [6.07, 6.45) is 10.0. The Bertz CT molecular complexity index is 548. The average molecular weight is 284 g/mol. The molecule has 2 saturated carbocycles. The molecule has 4 rings (SSSR count). The van der Waals surface area contributed by atoms with Crippen molar-refractivity contribution < 1.29 is 9.53 Å². The molecule has 21 heavy (non-hydrogen) atoms. The molecule has 1 aliphatic heterocycles. The molecule has 1 heterocycles. The maximum Gasteiger partial charge on any atom is 0.165 e. The van der Waals surface area contributed by atoms with Crippen LogP contribution < -0.4 is 4.74 Å². The van der Waals surface area contributed by atoms with Gasteiger partial charge in [-0.2, -0.15) is 0 Å². The van der Waals surface area contributed by atoms with Gasteiger partial charge in [0, 0.05) is 17.9 Å². The predicted octanol–water partition coefficient (Wildman–Crippen LogP) is 4.41. The third-order valence-electron chi connectivity index (χ3n) is 5.88. The normalized spacial score (nSPS) is 31.1. The first-order valence-corrected chi connectivity index (χ1v) is 8.61.